The second kappa shape index (κ2) is 7.11. The number of ether oxygens (including phenoxy) is 1. The Morgan fingerprint density at radius 3 is 2.73 bits per heavy atom. The fourth-order valence-electron chi connectivity index (χ4n) is 2.20. The van der Waals surface area contributed by atoms with Crippen molar-refractivity contribution in [3.05, 3.63) is 18.2 Å². The van der Waals surface area contributed by atoms with Crippen LogP contribution >= 0.6 is 0 Å². The predicted molar refractivity (Wildman–Crippen MR) is 84.5 cm³/mol. The number of rotatable bonds is 7. The second-order valence-corrected chi connectivity index (χ2v) is 7.06. The number of fused-ring (bicyclic) bond motifs is 1. The van der Waals surface area contributed by atoms with Crippen LogP contribution in [0.3, 0.4) is 0 Å². The summed E-state index contributed by atoms with van der Waals surface area (Å²) >= 11 is 0. The smallest absolute Gasteiger partial charge is 0.265 e. The van der Waals surface area contributed by atoms with E-state index in [1.807, 2.05) is 6.92 Å². The van der Waals surface area contributed by atoms with Crippen LogP contribution < -0.4 is 14.8 Å². The van der Waals surface area contributed by atoms with Crippen LogP contribution in [0, 0.1) is 0 Å². The molecule has 2 rings (SSSR count). The molecule has 1 heterocycles. The van der Waals surface area contributed by atoms with Gasteiger partial charge >= 0.3 is 0 Å². The molecule has 0 spiro atoms. The van der Waals surface area contributed by atoms with E-state index >= 15 is 0 Å². The van der Waals surface area contributed by atoms with E-state index in [1.165, 1.54) is 12.1 Å². The van der Waals surface area contributed by atoms with Gasteiger partial charge in [-0.05, 0) is 37.5 Å². The molecule has 0 aliphatic carbocycles. The Kier molecular flexibility index (Phi) is 5.42. The normalized spacial score (nSPS) is 17.5. The molecule has 22 heavy (non-hydrogen) atoms. The first-order valence-corrected chi connectivity index (χ1v) is 9.07. The molecule has 6 nitrogen and oxygen atoms in total. The summed E-state index contributed by atoms with van der Waals surface area (Å²) in [6.07, 6.45) is 2.75. The van der Waals surface area contributed by atoms with Gasteiger partial charge in [-0.1, -0.05) is 20.3 Å². The fraction of sp³-hybridized carbons (Fsp3) is 0.533. The molecule has 0 bridgehead atoms. The van der Waals surface area contributed by atoms with Crippen molar-refractivity contribution in [3.63, 3.8) is 0 Å². The molecular weight excluding hydrogens is 304 g/mol. The number of hydrogen-bond donors (Lipinski definition) is 2. The molecule has 1 atom stereocenters. The highest BCUT2D eigenvalue weighted by Gasteiger charge is 2.28. The van der Waals surface area contributed by atoms with Crippen LogP contribution in [-0.2, 0) is 14.8 Å². The minimum absolute atomic E-state index is 0.121. The highest BCUT2D eigenvalue weighted by molar-refractivity contribution is 7.89. The Balaban J connectivity index is 2.20. The third-order valence-corrected chi connectivity index (χ3v) is 4.90. The van der Waals surface area contributed by atoms with Crippen molar-refractivity contribution in [2.45, 2.75) is 50.5 Å². The van der Waals surface area contributed by atoms with E-state index in [0.717, 1.165) is 12.8 Å². The average molecular weight is 326 g/mol. The summed E-state index contributed by atoms with van der Waals surface area (Å²) in [7, 11) is -3.56. The van der Waals surface area contributed by atoms with Gasteiger partial charge in [0, 0.05) is 6.54 Å². The maximum absolute atomic E-state index is 12.1. The van der Waals surface area contributed by atoms with Crippen LogP contribution in [-0.4, -0.2) is 27.0 Å². The van der Waals surface area contributed by atoms with E-state index in [9.17, 15) is 13.2 Å². The molecule has 0 radical (unpaired) electrons. The van der Waals surface area contributed by atoms with Gasteiger partial charge < -0.3 is 10.1 Å². The van der Waals surface area contributed by atoms with Gasteiger partial charge in [-0.25, -0.2) is 13.1 Å². The van der Waals surface area contributed by atoms with Crippen LogP contribution in [0.15, 0.2) is 23.1 Å². The van der Waals surface area contributed by atoms with Crippen LogP contribution in [0.5, 0.6) is 5.75 Å². The average Bonchev–Trinajstić information content (AvgIpc) is 2.50. The molecule has 1 aromatic rings. The molecule has 1 aliphatic heterocycles. The highest BCUT2D eigenvalue weighted by atomic mass is 32.2. The van der Waals surface area contributed by atoms with E-state index in [-0.39, 0.29) is 10.8 Å². The Morgan fingerprint density at radius 2 is 2.05 bits per heavy atom. The first kappa shape index (κ1) is 16.8. The van der Waals surface area contributed by atoms with E-state index in [2.05, 4.69) is 17.0 Å². The Morgan fingerprint density at radius 1 is 1.27 bits per heavy atom. The number of carbonyl (C=O) groups excluding carboxylic acids is 1. The van der Waals surface area contributed by atoms with Crippen LogP contribution in [0.1, 0.15) is 39.5 Å². The second-order valence-electron chi connectivity index (χ2n) is 5.29. The van der Waals surface area contributed by atoms with Crippen molar-refractivity contribution in [1.82, 2.24) is 4.72 Å². The zero-order valence-electron chi connectivity index (χ0n) is 12.9. The van der Waals surface area contributed by atoms with Gasteiger partial charge in [0.25, 0.3) is 5.91 Å². The Hall–Kier alpha value is -1.60. The molecule has 0 saturated heterocycles. The van der Waals surface area contributed by atoms with Crippen LogP contribution in [0.25, 0.3) is 0 Å². The number of anilines is 1. The molecule has 0 saturated carbocycles. The summed E-state index contributed by atoms with van der Waals surface area (Å²) in [5, 5.41) is 2.73. The topological polar surface area (TPSA) is 84.5 Å². The van der Waals surface area contributed by atoms with E-state index < -0.39 is 16.1 Å². The summed E-state index contributed by atoms with van der Waals surface area (Å²) in [4.78, 5) is 12.1. The lowest BCUT2D eigenvalue weighted by Crippen LogP contribution is -2.37. The third kappa shape index (κ3) is 3.78. The number of nitrogens with one attached hydrogen (secondary N) is 2. The van der Waals surface area contributed by atoms with E-state index in [1.54, 1.807) is 6.07 Å². The molecule has 1 amide bonds. The number of hydrogen-bond acceptors (Lipinski definition) is 4. The summed E-state index contributed by atoms with van der Waals surface area (Å²) in [6.45, 7) is 4.32. The van der Waals surface area contributed by atoms with Crippen molar-refractivity contribution in [1.29, 1.82) is 0 Å². The van der Waals surface area contributed by atoms with Gasteiger partial charge in [0.1, 0.15) is 5.75 Å². The number of carbonyl (C=O) groups is 1. The highest BCUT2D eigenvalue weighted by Crippen LogP contribution is 2.32. The van der Waals surface area contributed by atoms with Gasteiger partial charge in [-0.15, -0.1) is 0 Å². The minimum Gasteiger partial charge on any atom is -0.478 e. The van der Waals surface area contributed by atoms with E-state index in [0.29, 0.717) is 30.8 Å². The Bertz CT molecular complexity index is 643. The summed E-state index contributed by atoms with van der Waals surface area (Å²) in [5.74, 6) is 0.284. The summed E-state index contributed by atoms with van der Waals surface area (Å²) < 4.78 is 32.4. The zero-order chi connectivity index (χ0) is 16.2. The van der Waals surface area contributed by atoms with Crippen molar-refractivity contribution >= 4 is 21.6 Å². The van der Waals surface area contributed by atoms with Gasteiger partial charge in [-0.2, -0.15) is 0 Å². The Labute approximate surface area is 131 Å². The number of benzene rings is 1. The zero-order valence-corrected chi connectivity index (χ0v) is 13.7. The molecule has 1 aliphatic rings. The molecule has 0 fully saturated rings. The first-order valence-electron chi connectivity index (χ1n) is 7.59. The monoisotopic (exact) mass is 326 g/mol. The lowest BCUT2D eigenvalue weighted by Gasteiger charge is -2.26. The maximum atomic E-state index is 12.1. The number of amides is 1. The largest absolute Gasteiger partial charge is 0.478 e. The van der Waals surface area contributed by atoms with Crippen molar-refractivity contribution in [2.75, 3.05) is 11.9 Å². The van der Waals surface area contributed by atoms with Crippen LogP contribution in [0.4, 0.5) is 5.69 Å². The fourth-order valence-corrected chi connectivity index (χ4v) is 3.36. The molecule has 1 aromatic carbocycles. The van der Waals surface area contributed by atoms with E-state index in [4.69, 9.17) is 4.74 Å². The standard InChI is InChI=1S/C15H22N2O4S/c1-3-5-6-14-15(18)17-12-10-11(7-8-13(12)21-14)22(19,20)16-9-4-2/h7-8,10,14,16H,3-6,9H2,1-2H3,(H,17,18)/t14-/m0/s1. The van der Waals surface area contributed by atoms with Gasteiger partial charge in [0.2, 0.25) is 10.0 Å². The number of unbranched alkanes of at least 4 members (excludes halogenated alkanes) is 1. The molecule has 0 aromatic heterocycles. The van der Waals surface area contributed by atoms with Gasteiger partial charge in [-0.3, -0.25) is 4.79 Å². The number of sulfonamides is 1. The lowest BCUT2D eigenvalue weighted by atomic mass is 10.1. The summed E-state index contributed by atoms with van der Waals surface area (Å²) in [6, 6.07) is 4.51. The molecule has 7 heteroatoms. The maximum Gasteiger partial charge on any atom is 0.265 e. The lowest BCUT2D eigenvalue weighted by molar-refractivity contribution is -0.123. The third-order valence-electron chi connectivity index (χ3n) is 3.44. The minimum atomic E-state index is -3.56. The summed E-state index contributed by atoms with van der Waals surface area (Å²) in [5.41, 5.74) is 0.400. The molecule has 0 unspecified atom stereocenters. The van der Waals surface area contributed by atoms with Gasteiger partial charge in [0.15, 0.2) is 6.10 Å². The van der Waals surface area contributed by atoms with Crippen molar-refractivity contribution < 1.29 is 17.9 Å². The van der Waals surface area contributed by atoms with Crippen molar-refractivity contribution in [3.8, 4) is 5.75 Å². The first-order chi connectivity index (χ1) is 10.5. The predicted octanol–water partition coefficient (Wildman–Crippen LogP) is 2.26. The quantitative estimate of drug-likeness (QED) is 0.805. The SMILES string of the molecule is CCCC[C@@H]1Oc2ccc(S(=O)(=O)NCCC)cc2NC1=O. The molecular formula is C15H22N2O4S. The van der Waals surface area contributed by atoms with Gasteiger partial charge in [0.05, 0.1) is 10.6 Å². The molecule has 2 N–H and O–H groups in total. The molecule has 122 valence electrons. The van der Waals surface area contributed by atoms with Crippen LogP contribution in [0.2, 0.25) is 0 Å². The van der Waals surface area contributed by atoms with Crippen molar-refractivity contribution in [2.24, 2.45) is 0 Å².